The molecule has 0 unspecified atom stereocenters. The van der Waals surface area contributed by atoms with Crippen molar-refractivity contribution in [1.82, 2.24) is 5.32 Å². The van der Waals surface area contributed by atoms with Crippen molar-refractivity contribution in [3.63, 3.8) is 0 Å². The lowest BCUT2D eigenvalue weighted by Crippen LogP contribution is -2.27. The predicted octanol–water partition coefficient (Wildman–Crippen LogP) is 2.27. The maximum atomic E-state index is 10.3. The zero-order valence-electron chi connectivity index (χ0n) is 6.68. The van der Waals surface area contributed by atoms with E-state index in [-0.39, 0.29) is 2.85 Å². The number of thioether (sulfide) groups is 1. The molecule has 0 heterocycles. The van der Waals surface area contributed by atoms with Gasteiger partial charge in [0.1, 0.15) is 0 Å². The van der Waals surface area contributed by atoms with Gasteiger partial charge in [-0.3, -0.25) is 0 Å². The van der Waals surface area contributed by atoms with Crippen LogP contribution in [0.3, 0.4) is 0 Å². The molecule has 66 valence electrons. The summed E-state index contributed by atoms with van der Waals surface area (Å²) in [7, 11) is 0. The van der Waals surface area contributed by atoms with Gasteiger partial charge in [0.05, 0.1) is 0 Å². The molecule has 0 aliphatic carbocycles. The van der Waals surface area contributed by atoms with Gasteiger partial charge in [-0.25, -0.2) is 4.79 Å². The van der Waals surface area contributed by atoms with Crippen LogP contribution in [-0.2, 0) is 0 Å². The molecule has 3 nitrogen and oxygen atoms in total. The Morgan fingerprint density at radius 3 is 2.64 bits per heavy atom. The van der Waals surface area contributed by atoms with Crippen LogP contribution in [0.25, 0.3) is 0 Å². The molecule has 4 heteroatoms. The first kappa shape index (κ1) is 10.1. The first-order valence-electron chi connectivity index (χ1n) is 3.07. The Morgan fingerprint density at radius 2 is 2.27 bits per heavy atom. The zero-order valence-corrected chi connectivity index (χ0v) is 7.49. The number of carbonyl (C=O) groups is 1. The Hall–Kier alpha value is -0.900. The highest BCUT2D eigenvalue weighted by Gasteiger charge is 1.91. The Morgan fingerprint density at radius 1 is 1.73 bits per heavy atom. The van der Waals surface area contributed by atoms with Crippen LogP contribution in [0.4, 0.5) is 4.79 Å². The second-order valence-corrected chi connectivity index (χ2v) is 3.28. The van der Waals surface area contributed by atoms with E-state index < -0.39 is 6.03 Å². The topological polar surface area (TPSA) is 55.1 Å². The van der Waals surface area contributed by atoms with Crippen molar-refractivity contribution < 1.29 is 7.65 Å². The third kappa shape index (κ3) is 6.99. The van der Waals surface area contributed by atoms with E-state index in [0.717, 1.165) is 10.6 Å². The maximum Gasteiger partial charge on any atom is 0.316 e. The molecule has 0 aromatic heterocycles. The van der Waals surface area contributed by atoms with Gasteiger partial charge in [0.25, 0.3) is 0 Å². The molecular formula is C7H16N2OS. The average molecular weight is 176 g/mol. The smallest absolute Gasteiger partial charge is 0.316 e. The first-order chi connectivity index (χ1) is 5.02. The van der Waals surface area contributed by atoms with Crippen molar-refractivity contribution in [3.8, 4) is 0 Å². The lowest BCUT2D eigenvalue weighted by Gasteiger charge is -1.99. The fourth-order valence-corrected chi connectivity index (χ4v) is 0.850. The summed E-state index contributed by atoms with van der Waals surface area (Å²) in [5.41, 5.74) is 5.60. The van der Waals surface area contributed by atoms with Crippen LogP contribution in [0.5, 0.6) is 0 Å². The van der Waals surface area contributed by atoms with Gasteiger partial charge in [-0.2, -0.15) is 0 Å². The Labute approximate surface area is 73.7 Å². The highest BCUT2D eigenvalue weighted by atomic mass is 32.2. The number of allylic oxidation sites excluding steroid dienone is 2. The number of urea groups is 1. The summed E-state index contributed by atoms with van der Waals surface area (Å²) in [6, 6.07) is -0.541. The van der Waals surface area contributed by atoms with Crippen LogP contribution in [0.15, 0.2) is 22.6 Å². The number of carbonyl (C=O) groups excluding carboxylic acids is 1. The van der Waals surface area contributed by atoms with E-state index in [2.05, 4.69) is 11.9 Å². The Bertz CT molecular complexity index is 207. The number of hydrogen-bond acceptors (Lipinski definition) is 2. The minimum atomic E-state index is -0.541. The Kier molecular flexibility index (Phi) is 4.45. The summed E-state index contributed by atoms with van der Waals surface area (Å²) in [6.07, 6.45) is 0. The molecule has 3 N–H and O–H groups in total. The van der Waals surface area contributed by atoms with Gasteiger partial charge in [0.2, 0.25) is 0 Å². The molecule has 0 aromatic rings. The number of rotatable bonds is 3. The predicted molar refractivity (Wildman–Crippen MR) is 53.1 cm³/mol. The molecule has 2 amide bonds. The molecule has 0 atom stereocenters. The van der Waals surface area contributed by atoms with Crippen LogP contribution < -0.4 is 11.1 Å². The summed E-state index contributed by atoms with van der Waals surface area (Å²) in [6.45, 7) is 7.33. The van der Waals surface area contributed by atoms with Gasteiger partial charge in [0.15, 0.2) is 0 Å². The van der Waals surface area contributed by atoms with E-state index in [9.17, 15) is 4.79 Å². The van der Waals surface area contributed by atoms with Crippen molar-refractivity contribution in [3.05, 3.63) is 22.6 Å². The SMILES string of the molecule is C=C(C)S/C=C(\C)NC(N)=O.[HH].[HH]. The van der Waals surface area contributed by atoms with E-state index in [1.54, 1.807) is 12.3 Å². The number of nitrogens with one attached hydrogen (secondary N) is 1. The number of hydrogen-bond donors (Lipinski definition) is 2. The minimum Gasteiger partial charge on any atom is -0.351 e. The van der Waals surface area contributed by atoms with Gasteiger partial charge in [-0.1, -0.05) is 6.58 Å². The van der Waals surface area contributed by atoms with E-state index in [0.29, 0.717) is 0 Å². The van der Waals surface area contributed by atoms with Crippen molar-refractivity contribution in [2.24, 2.45) is 5.73 Å². The van der Waals surface area contributed by atoms with E-state index in [1.165, 1.54) is 11.8 Å². The summed E-state index contributed by atoms with van der Waals surface area (Å²) in [5.74, 6) is 0. The fraction of sp³-hybridized carbons (Fsp3) is 0.286. The number of primary amides is 1. The number of amides is 2. The van der Waals surface area contributed by atoms with Gasteiger partial charge >= 0.3 is 6.03 Å². The minimum absolute atomic E-state index is 0. The second-order valence-electron chi connectivity index (χ2n) is 2.11. The van der Waals surface area contributed by atoms with Crippen LogP contribution in [0, 0.1) is 0 Å². The monoisotopic (exact) mass is 176 g/mol. The maximum absolute atomic E-state index is 10.3. The first-order valence-corrected chi connectivity index (χ1v) is 3.95. The molecule has 0 aromatic carbocycles. The standard InChI is InChI=1S/C7H12N2OS.2H2/c1-5(2)11-4-6(3)9-7(8)10;;/h4H,1H2,2-3H3,(H3,8,9,10);2*1H/b6-4+;;. The van der Waals surface area contributed by atoms with E-state index >= 15 is 0 Å². The zero-order chi connectivity index (χ0) is 8.85. The molecule has 0 saturated heterocycles. The summed E-state index contributed by atoms with van der Waals surface area (Å²) in [4.78, 5) is 11.3. The molecule has 11 heavy (non-hydrogen) atoms. The van der Waals surface area contributed by atoms with Gasteiger partial charge < -0.3 is 11.1 Å². The second kappa shape index (κ2) is 4.85. The highest BCUT2D eigenvalue weighted by Crippen LogP contribution is 2.14. The van der Waals surface area contributed by atoms with E-state index in [4.69, 9.17) is 5.73 Å². The molecule has 0 spiro atoms. The molecule has 0 bridgehead atoms. The molecule has 0 saturated carbocycles. The van der Waals surface area contributed by atoms with Crippen LogP contribution >= 0.6 is 11.8 Å². The normalized spacial score (nSPS) is 10.9. The van der Waals surface area contributed by atoms with Crippen LogP contribution in [0.1, 0.15) is 16.7 Å². The molecule has 0 rings (SSSR count). The third-order valence-electron chi connectivity index (χ3n) is 0.757. The van der Waals surface area contributed by atoms with Crippen molar-refractivity contribution in [2.45, 2.75) is 13.8 Å². The van der Waals surface area contributed by atoms with Gasteiger partial charge in [-0.15, -0.1) is 11.8 Å². The van der Waals surface area contributed by atoms with Gasteiger partial charge in [-0.05, 0) is 24.2 Å². The highest BCUT2D eigenvalue weighted by molar-refractivity contribution is 8.05. The lowest BCUT2D eigenvalue weighted by molar-refractivity contribution is 0.251. The molecule has 0 radical (unpaired) electrons. The molecule has 0 fully saturated rings. The molecular weight excluding hydrogens is 160 g/mol. The lowest BCUT2D eigenvalue weighted by atomic mass is 10.6. The summed E-state index contributed by atoms with van der Waals surface area (Å²) < 4.78 is 0. The van der Waals surface area contributed by atoms with Gasteiger partial charge in [0, 0.05) is 8.55 Å². The van der Waals surface area contributed by atoms with E-state index in [1.807, 2.05) is 6.92 Å². The van der Waals surface area contributed by atoms with Crippen LogP contribution in [-0.4, -0.2) is 6.03 Å². The average Bonchev–Trinajstić information content (AvgIpc) is 1.82. The third-order valence-corrected chi connectivity index (χ3v) is 1.63. The van der Waals surface area contributed by atoms with Crippen LogP contribution in [0.2, 0.25) is 0 Å². The molecule has 0 aliphatic heterocycles. The fourth-order valence-electron chi connectivity index (χ4n) is 0.413. The summed E-state index contributed by atoms with van der Waals surface area (Å²) >= 11 is 1.45. The quantitative estimate of drug-likeness (QED) is 0.693. The van der Waals surface area contributed by atoms with Crippen molar-refractivity contribution in [1.29, 1.82) is 0 Å². The van der Waals surface area contributed by atoms with Crippen molar-refractivity contribution >= 4 is 17.8 Å². The summed E-state index contributed by atoms with van der Waals surface area (Å²) in [5, 5.41) is 4.22. The van der Waals surface area contributed by atoms with Crippen molar-refractivity contribution in [2.75, 3.05) is 0 Å². The number of nitrogens with two attached hydrogens (primary N) is 1. The largest absolute Gasteiger partial charge is 0.351 e. The Balaban J connectivity index is -0.000000500. The molecule has 0 aliphatic rings.